The summed E-state index contributed by atoms with van der Waals surface area (Å²) in [7, 11) is 0. The van der Waals surface area contributed by atoms with Gasteiger partial charge in [0, 0.05) is 23.4 Å². The maximum absolute atomic E-state index is 11.7. The topological polar surface area (TPSA) is 74.4 Å². The van der Waals surface area contributed by atoms with Gasteiger partial charge in [0.05, 0.1) is 6.61 Å². The van der Waals surface area contributed by atoms with Gasteiger partial charge in [0.2, 0.25) is 0 Å². The summed E-state index contributed by atoms with van der Waals surface area (Å²) in [6, 6.07) is 7.66. The summed E-state index contributed by atoms with van der Waals surface area (Å²) >= 11 is 1.39. The number of rotatable bonds is 3. The molecule has 1 aliphatic rings. The molecule has 0 fully saturated rings. The highest BCUT2D eigenvalue weighted by Crippen LogP contribution is 2.40. The van der Waals surface area contributed by atoms with Crippen molar-refractivity contribution >= 4 is 17.3 Å². The van der Waals surface area contributed by atoms with E-state index in [1.807, 2.05) is 24.3 Å². The molecule has 6 heteroatoms. The van der Waals surface area contributed by atoms with Gasteiger partial charge in [-0.05, 0) is 13.0 Å². The van der Waals surface area contributed by atoms with E-state index in [1.54, 1.807) is 12.3 Å². The van der Waals surface area contributed by atoms with Gasteiger partial charge < -0.3 is 15.2 Å². The highest BCUT2D eigenvalue weighted by atomic mass is 32.1. The lowest BCUT2D eigenvalue weighted by atomic mass is 9.97. The van der Waals surface area contributed by atoms with Crippen LogP contribution in [0.5, 0.6) is 5.75 Å². The third kappa shape index (κ3) is 2.77. The van der Waals surface area contributed by atoms with Crippen molar-refractivity contribution in [1.29, 1.82) is 0 Å². The van der Waals surface area contributed by atoms with Gasteiger partial charge in [0.15, 0.2) is 11.8 Å². The zero-order valence-corrected chi connectivity index (χ0v) is 12.4. The third-order valence-corrected chi connectivity index (χ3v) is 4.27. The predicted molar refractivity (Wildman–Crippen MR) is 79.4 cm³/mol. The number of carbonyl (C=O) groups is 1. The Morgan fingerprint density at radius 1 is 1.52 bits per heavy atom. The van der Waals surface area contributed by atoms with Crippen molar-refractivity contribution < 1.29 is 14.3 Å². The Bertz CT molecular complexity index is 656. The van der Waals surface area contributed by atoms with Crippen molar-refractivity contribution in [2.24, 2.45) is 5.73 Å². The molecule has 1 aromatic carbocycles. The fraction of sp³-hybridized carbons (Fsp3) is 0.333. The average molecular weight is 304 g/mol. The first-order valence-corrected chi connectivity index (χ1v) is 7.70. The van der Waals surface area contributed by atoms with Crippen LogP contribution in [-0.4, -0.2) is 17.6 Å². The predicted octanol–water partition coefficient (Wildman–Crippen LogP) is 2.84. The summed E-state index contributed by atoms with van der Waals surface area (Å²) in [6.07, 6.45) is 0.426. The lowest BCUT2D eigenvalue weighted by Gasteiger charge is -2.28. The van der Waals surface area contributed by atoms with Gasteiger partial charge in [-0.1, -0.05) is 18.2 Å². The average Bonchev–Trinajstić information content (AvgIpc) is 2.97. The zero-order valence-electron chi connectivity index (χ0n) is 11.6. The van der Waals surface area contributed by atoms with E-state index in [2.05, 4.69) is 4.98 Å². The van der Waals surface area contributed by atoms with Crippen LogP contribution in [0.1, 0.15) is 46.5 Å². The number of nitrogens with two attached hydrogens (primary N) is 1. The number of hydrogen-bond acceptors (Lipinski definition) is 6. The Morgan fingerprint density at radius 3 is 3.14 bits per heavy atom. The van der Waals surface area contributed by atoms with E-state index in [4.69, 9.17) is 15.2 Å². The van der Waals surface area contributed by atoms with Crippen molar-refractivity contribution in [3.05, 3.63) is 45.9 Å². The molecule has 1 aliphatic heterocycles. The molecule has 2 atom stereocenters. The molecule has 2 aromatic rings. The molecule has 110 valence electrons. The largest absolute Gasteiger partial charge is 0.483 e. The molecule has 0 spiro atoms. The molecule has 0 aliphatic carbocycles. The fourth-order valence-corrected chi connectivity index (χ4v) is 3.17. The van der Waals surface area contributed by atoms with E-state index in [0.717, 1.165) is 16.3 Å². The summed E-state index contributed by atoms with van der Waals surface area (Å²) in [5, 5.41) is 2.45. The molecule has 0 radical (unpaired) electrons. The molecule has 5 nitrogen and oxygen atoms in total. The minimum atomic E-state index is -0.402. The van der Waals surface area contributed by atoms with Crippen LogP contribution in [0.25, 0.3) is 0 Å². The van der Waals surface area contributed by atoms with Crippen molar-refractivity contribution in [1.82, 2.24) is 4.98 Å². The summed E-state index contributed by atoms with van der Waals surface area (Å²) < 4.78 is 10.9. The first-order valence-electron chi connectivity index (χ1n) is 6.82. The number of esters is 1. The van der Waals surface area contributed by atoms with Gasteiger partial charge in [0.1, 0.15) is 10.8 Å². The SMILES string of the molecule is CCOC(=O)c1csc([C@H]2C[C@H](N)c3ccccc3O2)n1. The minimum absolute atomic E-state index is 0.0881. The summed E-state index contributed by atoms with van der Waals surface area (Å²) in [4.78, 5) is 16.0. The molecule has 0 saturated heterocycles. The zero-order chi connectivity index (χ0) is 14.8. The van der Waals surface area contributed by atoms with E-state index in [9.17, 15) is 4.79 Å². The van der Waals surface area contributed by atoms with Gasteiger partial charge in [-0.15, -0.1) is 11.3 Å². The summed E-state index contributed by atoms with van der Waals surface area (Å²) in [6.45, 7) is 2.11. The fourth-order valence-electron chi connectivity index (χ4n) is 2.34. The number of fused-ring (bicyclic) bond motifs is 1. The second kappa shape index (κ2) is 5.83. The van der Waals surface area contributed by atoms with Gasteiger partial charge in [-0.3, -0.25) is 0 Å². The lowest BCUT2D eigenvalue weighted by molar-refractivity contribution is 0.0519. The van der Waals surface area contributed by atoms with E-state index >= 15 is 0 Å². The first-order chi connectivity index (χ1) is 10.2. The Hall–Kier alpha value is -1.92. The lowest BCUT2D eigenvalue weighted by Crippen LogP contribution is -2.24. The number of para-hydroxylation sites is 1. The highest BCUT2D eigenvalue weighted by Gasteiger charge is 2.29. The van der Waals surface area contributed by atoms with Crippen LogP contribution in [0.4, 0.5) is 0 Å². The Balaban J connectivity index is 1.81. The first kappa shape index (κ1) is 14.0. The number of hydrogen-bond donors (Lipinski definition) is 1. The van der Waals surface area contributed by atoms with Crippen molar-refractivity contribution in [2.45, 2.75) is 25.5 Å². The van der Waals surface area contributed by atoms with Gasteiger partial charge >= 0.3 is 5.97 Å². The Labute approximate surface area is 126 Å². The molecule has 0 bridgehead atoms. The van der Waals surface area contributed by atoms with Gasteiger partial charge in [0.25, 0.3) is 0 Å². The van der Waals surface area contributed by atoms with Crippen molar-refractivity contribution in [3.8, 4) is 5.75 Å². The van der Waals surface area contributed by atoms with Crippen LogP contribution in [0.2, 0.25) is 0 Å². The number of nitrogens with zero attached hydrogens (tertiary/aromatic N) is 1. The monoisotopic (exact) mass is 304 g/mol. The van der Waals surface area contributed by atoms with Crippen molar-refractivity contribution in [3.63, 3.8) is 0 Å². The molecule has 21 heavy (non-hydrogen) atoms. The van der Waals surface area contributed by atoms with E-state index in [-0.39, 0.29) is 12.1 Å². The summed E-state index contributed by atoms with van der Waals surface area (Å²) in [5.74, 6) is 0.384. The van der Waals surface area contributed by atoms with Crippen LogP contribution in [0.3, 0.4) is 0 Å². The number of thiazole rings is 1. The van der Waals surface area contributed by atoms with Crippen LogP contribution < -0.4 is 10.5 Å². The minimum Gasteiger partial charge on any atom is -0.483 e. The number of benzene rings is 1. The third-order valence-electron chi connectivity index (χ3n) is 3.34. The molecule has 1 aromatic heterocycles. The van der Waals surface area contributed by atoms with Crippen LogP contribution in [0.15, 0.2) is 29.6 Å². The maximum atomic E-state index is 11.7. The quantitative estimate of drug-likeness (QED) is 0.883. The van der Waals surface area contributed by atoms with E-state index < -0.39 is 5.97 Å². The van der Waals surface area contributed by atoms with E-state index in [0.29, 0.717) is 18.7 Å². The standard InChI is InChI=1S/C15H16N2O3S/c1-2-19-15(18)11-8-21-14(17-11)13-7-10(16)9-5-3-4-6-12(9)20-13/h3-6,8,10,13H,2,7,16H2,1H3/t10-,13+/m0/s1. The number of ether oxygens (including phenoxy) is 2. The van der Waals surface area contributed by atoms with Crippen LogP contribution >= 0.6 is 11.3 Å². The molecular weight excluding hydrogens is 288 g/mol. The normalized spacial score (nSPS) is 20.5. The molecule has 0 unspecified atom stereocenters. The van der Waals surface area contributed by atoms with Gasteiger partial charge in [-0.25, -0.2) is 9.78 Å². The highest BCUT2D eigenvalue weighted by molar-refractivity contribution is 7.09. The smallest absolute Gasteiger partial charge is 0.357 e. The molecule has 2 N–H and O–H groups in total. The molecule has 0 saturated carbocycles. The van der Waals surface area contributed by atoms with Crippen LogP contribution in [0, 0.1) is 0 Å². The summed E-state index contributed by atoms with van der Waals surface area (Å²) in [5.41, 5.74) is 7.53. The molecule has 0 amide bonds. The second-order valence-electron chi connectivity index (χ2n) is 4.78. The van der Waals surface area contributed by atoms with Crippen LogP contribution in [-0.2, 0) is 4.74 Å². The number of aromatic nitrogens is 1. The molecular formula is C15H16N2O3S. The molecule has 2 heterocycles. The molecule has 3 rings (SSSR count). The van der Waals surface area contributed by atoms with E-state index in [1.165, 1.54) is 11.3 Å². The Kier molecular flexibility index (Phi) is 3.90. The maximum Gasteiger partial charge on any atom is 0.357 e. The number of carbonyl (C=O) groups excluding carboxylic acids is 1. The van der Waals surface area contributed by atoms with Crippen molar-refractivity contribution in [2.75, 3.05) is 6.61 Å². The van der Waals surface area contributed by atoms with Gasteiger partial charge in [-0.2, -0.15) is 0 Å². The Morgan fingerprint density at radius 2 is 2.33 bits per heavy atom. The second-order valence-corrected chi connectivity index (χ2v) is 5.67.